The van der Waals surface area contributed by atoms with Gasteiger partial charge in [-0.1, -0.05) is 6.07 Å². The maximum atomic E-state index is 13.1. The lowest BCUT2D eigenvalue weighted by Crippen LogP contribution is -2.30. The van der Waals surface area contributed by atoms with Gasteiger partial charge in [0.05, 0.1) is 10.9 Å². The first-order valence-electron chi connectivity index (χ1n) is 10.4. The summed E-state index contributed by atoms with van der Waals surface area (Å²) < 4.78 is 42.5. The summed E-state index contributed by atoms with van der Waals surface area (Å²) in [6, 6.07) is 15.8. The van der Waals surface area contributed by atoms with Crippen molar-refractivity contribution in [2.75, 3.05) is 16.7 Å². The molecule has 1 atom stereocenters. The van der Waals surface area contributed by atoms with E-state index >= 15 is 0 Å². The van der Waals surface area contributed by atoms with Crippen molar-refractivity contribution in [1.82, 2.24) is 19.9 Å². The van der Waals surface area contributed by atoms with Gasteiger partial charge in [-0.15, -0.1) is 10.2 Å². The Bertz CT molecular complexity index is 1390. The minimum Gasteiger partial charge on any atom is -0.342 e. The molecule has 2 aromatic heterocycles. The number of benzene rings is 2. The maximum absolute atomic E-state index is 13.1. The Morgan fingerprint density at radius 3 is 2.50 bits per heavy atom. The summed E-state index contributed by atoms with van der Waals surface area (Å²) in [5.41, 5.74) is 1.23. The molecule has 0 aliphatic heterocycles. The summed E-state index contributed by atoms with van der Waals surface area (Å²) >= 11 is 1.66. The number of rotatable bonds is 9. The molecule has 2 aromatic carbocycles. The number of carbonyl (C=O) groups is 1. The Morgan fingerprint density at radius 1 is 1.06 bits per heavy atom. The van der Waals surface area contributed by atoms with Gasteiger partial charge in [0.2, 0.25) is 0 Å². The molecule has 0 saturated carbocycles. The topological polar surface area (TPSA) is 105 Å². The van der Waals surface area contributed by atoms with Crippen LogP contribution in [0.2, 0.25) is 0 Å². The predicted octanol–water partition coefficient (Wildman–Crippen LogP) is 3.89. The van der Waals surface area contributed by atoms with Gasteiger partial charge in [-0.05, 0) is 79.1 Å². The Balaban J connectivity index is 1.51. The van der Waals surface area contributed by atoms with E-state index in [9.17, 15) is 17.6 Å². The zero-order chi connectivity index (χ0) is 24.1. The van der Waals surface area contributed by atoms with Crippen molar-refractivity contribution in [1.29, 1.82) is 0 Å². The van der Waals surface area contributed by atoms with Crippen LogP contribution in [0.1, 0.15) is 28.6 Å². The van der Waals surface area contributed by atoms with Gasteiger partial charge >= 0.3 is 0 Å². The lowest BCUT2D eigenvalue weighted by Gasteiger charge is -2.17. The lowest BCUT2D eigenvalue weighted by molar-refractivity contribution is 0.0933. The molecule has 0 aliphatic rings. The molecular weight excluding hydrogens is 477 g/mol. The van der Waals surface area contributed by atoms with Gasteiger partial charge < -0.3 is 5.32 Å². The second-order valence-corrected chi connectivity index (χ2v) is 10.1. The van der Waals surface area contributed by atoms with Crippen LogP contribution in [-0.4, -0.2) is 40.9 Å². The summed E-state index contributed by atoms with van der Waals surface area (Å²) in [6.07, 6.45) is 4.48. The van der Waals surface area contributed by atoms with Crippen molar-refractivity contribution in [2.24, 2.45) is 0 Å². The first-order valence-corrected chi connectivity index (χ1v) is 13.2. The van der Waals surface area contributed by atoms with E-state index in [1.54, 1.807) is 11.8 Å². The molecule has 0 spiro atoms. The molecule has 1 unspecified atom stereocenters. The quantitative estimate of drug-likeness (QED) is 0.362. The van der Waals surface area contributed by atoms with E-state index in [0.717, 1.165) is 17.9 Å². The van der Waals surface area contributed by atoms with Crippen molar-refractivity contribution in [3.8, 4) is 0 Å². The van der Waals surface area contributed by atoms with E-state index in [4.69, 9.17) is 0 Å². The molecule has 176 valence electrons. The number of carbonyl (C=O) groups excluding carboxylic acids is 1. The van der Waals surface area contributed by atoms with Gasteiger partial charge in [0, 0.05) is 17.4 Å². The number of thioether (sulfide) groups is 1. The normalized spacial score (nSPS) is 12.4. The highest BCUT2D eigenvalue weighted by atomic mass is 32.2. The molecule has 2 heterocycles. The van der Waals surface area contributed by atoms with Crippen LogP contribution < -0.4 is 10.0 Å². The summed E-state index contributed by atoms with van der Waals surface area (Å²) in [6.45, 7) is 0. The average Bonchev–Trinajstić information content (AvgIpc) is 3.27. The number of nitrogens with zero attached hydrogens (tertiary/aromatic N) is 3. The van der Waals surface area contributed by atoms with E-state index in [2.05, 4.69) is 20.2 Å². The molecule has 4 aromatic rings. The molecule has 0 radical (unpaired) electrons. The Kier molecular flexibility index (Phi) is 7.13. The summed E-state index contributed by atoms with van der Waals surface area (Å²) in [5, 5.41) is 11.4. The fourth-order valence-electron chi connectivity index (χ4n) is 3.36. The van der Waals surface area contributed by atoms with Crippen LogP contribution in [0.4, 0.5) is 10.1 Å². The zero-order valence-corrected chi connectivity index (χ0v) is 19.8. The molecule has 0 fully saturated rings. The van der Waals surface area contributed by atoms with Gasteiger partial charge in [-0.25, -0.2) is 12.8 Å². The number of hydrogen-bond acceptors (Lipinski definition) is 6. The number of fused-ring (bicyclic) bond motifs is 1. The second-order valence-electron chi connectivity index (χ2n) is 7.43. The van der Waals surface area contributed by atoms with Gasteiger partial charge in [-0.3, -0.25) is 13.9 Å². The van der Waals surface area contributed by atoms with E-state index in [-0.39, 0.29) is 22.5 Å². The molecule has 11 heteroatoms. The maximum Gasteiger partial charge on any atom is 0.261 e. The third-order valence-electron chi connectivity index (χ3n) is 5.09. The lowest BCUT2D eigenvalue weighted by atomic mass is 10.1. The van der Waals surface area contributed by atoms with Crippen LogP contribution in [0, 0.1) is 5.82 Å². The highest BCUT2D eigenvalue weighted by Gasteiger charge is 2.21. The Hall–Kier alpha value is -3.44. The zero-order valence-electron chi connectivity index (χ0n) is 18.2. The molecule has 0 bridgehead atoms. The van der Waals surface area contributed by atoms with E-state index in [1.807, 2.05) is 35.1 Å². The highest BCUT2D eigenvalue weighted by molar-refractivity contribution is 7.98. The number of pyridine rings is 1. The minimum absolute atomic E-state index is 0.0178. The number of sulfonamides is 1. The summed E-state index contributed by atoms with van der Waals surface area (Å²) in [5.74, 6) is 0.613. The monoisotopic (exact) mass is 499 g/mol. The third kappa shape index (κ3) is 5.37. The average molecular weight is 500 g/mol. The summed E-state index contributed by atoms with van der Waals surface area (Å²) in [4.78, 5) is 12.9. The number of amides is 1. The molecule has 8 nitrogen and oxygen atoms in total. The number of hydrogen-bond donors (Lipinski definition) is 2. The number of halogens is 1. The molecule has 4 rings (SSSR count). The van der Waals surface area contributed by atoms with Crippen LogP contribution >= 0.6 is 11.8 Å². The van der Waals surface area contributed by atoms with Crippen molar-refractivity contribution < 1.29 is 17.6 Å². The predicted molar refractivity (Wildman–Crippen MR) is 130 cm³/mol. The van der Waals surface area contributed by atoms with E-state index in [1.165, 1.54) is 36.4 Å². The van der Waals surface area contributed by atoms with Crippen molar-refractivity contribution in [3.63, 3.8) is 0 Å². The van der Waals surface area contributed by atoms with Crippen molar-refractivity contribution in [2.45, 2.75) is 17.4 Å². The largest absolute Gasteiger partial charge is 0.342 e. The van der Waals surface area contributed by atoms with Crippen LogP contribution in [0.25, 0.3) is 5.65 Å². The fourth-order valence-corrected chi connectivity index (χ4v) is 4.89. The molecule has 0 saturated heterocycles. The summed E-state index contributed by atoms with van der Waals surface area (Å²) in [7, 11) is -3.89. The molecule has 1 amide bonds. The first-order chi connectivity index (χ1) is 16.4. The van der Waals surface area contributed by atoms with E-state index < -0.39 is 15.8 Å². The molecule has 2 N–H and O–H groups in total. The van der Waals surface area contributed by atoms with Gasteiger partial charge in [0.1, 0.15) is 5.82 Å². The highest BCUT2D eigenvalue weighted by Crippen LogP contribution is 2.20. The Morgan fingerprint density at radius 2 is 1.79 bits per heavy atom. The van der Waals surface area contributed by atoms with Gasteiger partial charge in [0.25, 0.3) is 15.9 Å². The van der Waals surface area contributed by atoms with Crippen LogP contribution in [-0.2, 0) is 10.0 Å². The van der Waals surface area contributed by atoms with Crippen LogP contribution in [0.3, 0.4) is 0 Å². The van der Waals surface area contributed by atoms with Crippen molar-refractivity contribution >= 4 is 39.0 Å². The SMILES string of the molecule is CSCCC(NC(=O)c1ccc(S(=O)(=O)Nc2ccc(F)cc2)cc1)c1nnc2ccccn12. The number of aromatic nitrogens is 3. The third-order valence-corrected chi connectivity index (χ3v) is 7.13. The second kappa shape index (κ2) is 10.2. The van der Waals surface area contributed by atoms with E-state index in [0.29, 0.717) is 23.5 Å². The molecule has 34 heavy (non-hydrogen) atoms. The molecular formula is C23H22FN5O3S2. The van der Waals surface area contributed by atoms with Crippen molar-refractivity contribution in [3.05, 3.63) is 90.1 Å². The fraction of sp³-hybridized carbons (Fsp3) is 0.174. The Labute approximate surface area is 200 Å². The number of anilines is 1. The first kappa shape index (κ1) is 23.7. The van der Waals surface area contributed by atoms with Crippen LogP contribution in [0.5, 0.6) is 0 Å². The van der Waals surface area contributed by atoms with Gasteiger partial charge in [0.15, 0.2) is 11.5 Å². The number of nitrogens with one attached hydrogen (secondary N) is 2. The van der Waals surface area contributed by atoms with Gasteiger partial charge in [-0.2, -0.15) is 11.8 Å². The molecule has 0 aliphatic carbocycles. The minimum atomic E-state index is -3.89. The smallest absolute Gasteiger partial charge is 0.261 e. The standard InChI is InChI=1S/C23H22FN5O3S2/c1-33-15-13-20(22-27-26-21-4-2-3-14-29(21)22)25-23(30)16-5-11-19(12-6-16)34(31,32)28-18-9-7-17(24)8-10-18/h2-12,14,20,28H,13,15H2,1H3,(H,25,30). The van der Waals surface area contributed by atoms with Crippen LogP contribution in [0.15, 0.2) is 77.8 Å².